The van der Waals surface area contributed by atoms with Crippen molar-refractivity contribution in [1.82, 2.24) is 48.8 Å². The van der Waals surface area contributed by atoms with Crippen LogP contribution in [0.25, 0.3) is 17.2 Å². The van der Waals surface area contributed by atoms with Crippen LogP contribution in [0.4, 0.5) is 29.3 Å². The minimum absolute atomic E-state index is 0.00557. The van der Waals surface area contributed by atoms with Crippen LogP contribution < -0.4 is 15.8 Å². The number of hydrogen-bond donors (Lipinski definition) is 2. The molecular formula is C39H40ClF3N12O6. The number of nitrogens with zero attached hydrogens (tertiary/aromatic N) is 11. The molecule has 3 aliphatic rings. The Hall–Kier alpha value is -6.35. The van der Waals surface area contributed by atoms with Crippen LogP contribution in [0.15, 0.2) is 47.5 Å². The van der Waals surface area contributed by atoms with Gasteiger partial charge in [-0.15, -0.1) is 5.10 Å². The zero-order valence-electron chi connectivity index (χ0n) is 33.4. The molecule has 1 spiro atoms. The van der Waals surface area contributed by atoms with Gasteiger partial charge in [0.1, 0.15) is 24.2 Å². The summed E-state index contributed by atoms with van der Waals surface area (Å²) in [5.74, 6) is -1.37. The number of hydrogen-bond acceptors (Lipinski definition) is 12. The molecule has 2 fully saturated rings. The smallest absolute Gasteiger partial charge is 0.433 e. The Morgan fingerprint density at radius 3 is 2.31 bits per heavy atom. The predicted octanol–water partition coefficient (Wildman–Crippen LogP) is 4.09. The highest BCUT2D eigenvalue weighted by molar-refractivity contribution is 6.32. The number of aromatic hydroxyl groups is 1. The topological polar surface area (TPSA) is 197 Å². The maximum Gasteiger partial charge on any atom is 0.433 e. The Morgan fingerprint density at radius 2 is 1.67 bits per heavy atom. The van der Waals surface area contributed by atoms with Gasteiger partial charge in [0.2, 0.25) is 11.7 Å². The van der Waals surface area contributed by atoms with E-state index in [1.54, 1.807) is 37.7 Å². The molecule has 4 aromatic heterocycles. The molecule has 0 radical (unpaired) electrons. The second-order valence-corrected chi connectivity index (χ2v) is 15.6. The van der Waals surface area contributed by atoms with E-state index in [4.69, 9.17) is 21.3 Å². The largest absolute Gasteiger partial charge is 0.504 e. The number of rotatable bonds is 6. The highest BCUT2D eigenvalue weighted by atomic mass is 35.5. The van der Waals surface area contributed by atoms with Crippen LogP contribution in [-0.2, 0) is 27.9 Å². The number of anilines is 2. The third-order valence-electron chi connectivity index (χ3n) is 11.2. The van der Waals surface area contributed by atoms with Crippen LogP contribution in [0.3, 0.4) is 0 Å². The molecule has 61 heavy (non-hydrogen) atoms. The van der Waals surface area contributed by atoms with Gasteiger partial charge in [0.15, 0.2) is 22.4 Å². The molecule has 1 aromatic carbocycles. The number of ether oxygens (including phenoxy) is 1. The summed E-state index contributed by atoms with van der Waals surface area (Å²) < 4.78 is 49.0. The summed E-state index contributed by atoms with van der Waals surface area (Å²) in [6.07, 6.45) is -3.99. The average molecular weight is 865 g/mol. The molecule has 5 aromatic rings. The summed E-state index contributed by atoms with van der Waals surface area (Å²) in [7, 11) is 3.43. The molecule has 0 saturated carbocycles. The normalized spacial score (nSPS) is 17.5. The molecule has 0 bridgehead atoms. The van der Waals surface area contributed by atoms with Gasteiger partial charge in [0.05, 0.1) is 28.7 Å². The molecule has 2 N–H and O–H groups in total. The van der Waals surface area contributed by atoms with E-state index in [0.29, 0.717) is 43.5 Å². The van der Waals surface area contributed by atoms with Crippen LogP contribution in [0.5, 0.6) is 5.75 Å². The second kappa shape index (κ2) is 15.6. The summed E-state index contributed by atoms with van der Waals surface area (Å²) in [6.45, 7) is 5.41. The Morgan fingerprint density at radius 1 is 0.984 bits per heavy atom. The summed E-state index contributed by atoms with van der Waals surface area (Å²) >= 11 is 6.07. The minimum atomic E-state index is -4.75. The zero-order valence-corrected chi connectivity index (χ0v) is 34.2. The number of nitrogens with one attached hydrogen (secondary N) is 1. The van der Waals surface area contributed by atoms with Crippen LogP contribution in [0.1, 0.15) is 59.0 Å². The van der Waals surface area contributed by atoms with E-state index in [-0.39, 0.29) is 72.0 Å². The van der Waals surface area contributed by atoms with Crippen LogP contribution in [0, 0.1) is 6.92 Å². The van der Waals surface area contributed by atoms with Gasteiger partial charge in [-0.25, -0.2) is 19.7 Å². The van der Waals surface area contributed by atoms with Gasteiger partial charge in [0.25, 0.3) is 11.5 Å². The molecule has 18 nitrogen and oxygen atoms in total. The van der Waals surface area contributed by atoms with Crippen molar-refractivity contribution in [2.75, 3.05) is 63.6 Å². The lowest BCUT2D eigenvalue weighted by Crippen LogP contribution is -2.51. The predicted molar refractivity (Wildman–Crippen MR) is 213 cm³/mol. The molecule has 3 aliphatic heterocycles. The lowest BCUT2D eigenvalue weighted by Gasteiger charge is -2.39. The van der Waals surface area contributed by atoms with E-state index in [1.807, 2.05) is 24.3 Å². The highest BCUT2D eigenvalue weighted by Crippen LogP contribution is 2.48. The zero-order chi connectivity index (χ0) is 43.5. The Balaban J connectivity index is 1.13. The van der Waals surface area contributed by atoms with E-state index >= 15 is 0 Å². The lowest BCUT2D eigenvalue weighted by atomic mass is 9.85. The number of alkyl halides is 3. The SMILES string of the molecule is Cc1ncnc(C(=O)N2CCC3(CC2)O[C@H](C)c2c3c(=O)n3nc(-c4ccc(N5CCN(C(=O)N(C)C)CC5)cc4)nc3n2CC(=O)Nc2ccc(C(F)(F)F)nc2Cl)c1O. The molecule has 7 heterocycles. The van der Waals surface area contributed by atoms with Crippen molar-refractivity contribution in [3.63, 3.8) is 0 Å². The Bertz CT molecular complexity index is 2620. The highest BCUT2D eigenvalue weighted by Gasteiger charge is 2.51. The van der Waals surface area contributed by atoms with Crippen LogP contribution >= 0.6 is 11.6 Å². The molecule has 22 heteroatoms. The minimum Gasteiger partial charge on any atom is -0.504 e. The molecule has 0 aliphatic carbocycles. The van der Waals surface area contributed by atoms with Crippen LogP contribution in [-0.4, -0.2) is 125 Å². The molecular weight excluding hydrogens is 825 g/mol. The molecule has 0 unspecified atom stereocenters. The number of pyridine rings is 1. The van der Waals surface area contributed by atoms with Crippen molar-refractivity contribution < 1.29 is 37.4 Å². The van der Waals surface area contributed by atoms with Crippen molar-refractivity contribution >= 4 is 46.6 Å². The first-order valence-electron chi connectivity index (χ1n) is 19.3. The second-order valence-electron chi connectivity index (χ2n) is 15.3. The number of aryl methyl sites for hydroxylation is 1. The number of fused-ring (bicyclic) bond motifs is 3. The fourth-order valence-electron chi connectivity index (χ4n) is 8.15. The number of halogens is 4. The van der Waals surface area contributed by atoms with Gasteiger partial charge in [0, 0.05) is 64.6 Å². The standard InChI is InChI=1S/C39H40ClF3N12O6/c1-21-31(57)29(45-20-44-21)35(59)52-13-11-38(12-14-52)28-30(22(2)61-38)54(19-27(56)46-25-9-10-26(39(41,42)43)47-32(25)40)36-48-33(49-55(36)34(28)58)23-5-7-24(8-6-23)51-15-17-53(18-16-51)37(60)50(3)4/h5-10,20,22,57H,11-19H2,1-4H3,(H,46,56)/t22-/m1/s1. The summed E-state index contributed by atoms with van der Waals surface area (Å²) in [5.41, 5.74) is -0.995. The number of benzene rings is 1. The number of piperidine rings is 1. The number of carbonyl (C=O) groups excluding carboxylic acids is 3. The Kier molecular flexibility index (Phi) is 10.6. The maximum absolute atomic E-state index is 14.6. The van der Waals surface area contributed by atoms with E-state index in [1.165, 1.54) is 15.8 Å². The van der Waals surface area contributed by atoms with Crippen molar-refractivity contribution in [3.05, 3.63) is 86.6 Å². The number of piperazine rings is 1. The summed E-state index contributed by atoms with van der Waals surface area (Å²) in [4.78, 5) is 77.3. The van der Waals surface area contributed by atoms with Gasteiger partial charge >= 0.3 is 12.2 Å². The average Bonchev–Trinajstić information content (AvgIpc) is 3.80. The number of aromatic nitrogens is 7. The number of carbonyl (C=O) groups is 3. The van der Waals surface area contributed by atoms with Gasteiger partial charge in [-0.2, -0.15) is 22.7 Å². The van der Waals surface area contributed by atoms with E-state index < -0.39 is 52.6 Å². The molecule has 8 rings (SSSR count). The molecule has 1 atom stereocenters. The van der Waals surface area contributed by atoms with E-state index in [2.05, 4.69) is 30.3 Å². The maximum atomic E-state index is 14.6. The summed E-state index contributed by atoms with van der Waals surface area (Å²) in [6, 6.07) is 9.07. The fourth-order valence-corrected chi connectivity index (χ4v) is 8.35. The fraction of sp³-hybridized carbons (Fsp3) is 0.410. The monoisotopic (exact) mass is 864 g/mol. The third-order valence-corrected chi connectivity index (χ3v) is 11.5. The van der Waals surface area contributed by atoms with Gasteiger partial charge in [-0.3, -0.25) is 14.4 Å². The number of urea groups is 1. The molecule has 2 saturated heterocycles. The Labute approximate surface area is 350 Å². The number of likely N-dealkylation sites (tertiary alicyclic amines) is 1. The number of amides is 4. The van der Waals surface area contributed by atoms with Crippen molar-refractivity contribution in [3.8, 4) is 17.1 Å². The molecule has 320 valence electrons. The van der Waals surface area contributed by atoms with Gasteiger partial charge < -0.3 is 39.3 Å². The first-order chi connectivity index (χ1) is 29.0. The van der Waals surface area contributed by atoms with Gasteiger partial charge in [-0.05, 0) is 63.1 Å². The van der Waals surface area contributed by atoms with Crippen molar-refractivity contribution in [1.29, 1.82) is 0 Å². The quantitative estimate of drug-likeness (QED) is 0.233. The first kappa shape index (κ1) is 41.4. The van der Waals surface area contributed by atoms with E-state index in [9.17, 15) is 37.5 Å². The molecule has 4 amide bonds. The summed E-state index contributed by atoms with van der Waals surface area (Å²) in [5, 5.41) is 17.1. The lowest BCUT2D eigenvalue weighted by molar-refractivity contribution is -0.141. The van der Waals surface area contributed by atoms with Gasteiger partial charge in [-0.1, -0.05) is 11.6 Å². The van der Waals surface area contributed by atoms with E-state index in [0.717, 1.165) is 16.3 Å². The van der Waals surface area contributed by atoms with Crippen molar-refractivity contribution in [2.45, 2.75) is 51.1 Å². The van der Waals surface area contributed by atoms with Crippen molar-refractivity contribution in [2.24, 2.45) is 0 Å². The first-order valence-corrected chi connectivity index (χ1v) is 19.7. The third kappa shape index (κ3) is 7.55. The van der Waals surface area contributed by atoms with Crippen LogP contribution in [0.2, 0.25) is 5.15 Å².